The van der Waals surface area contributed by atoms with Crippen LogP contribution in [0.3, 0.4) is 0 Å². The van der Waals surface area contributed by atoms with Crippen molar-refractivity contribution in [2.24, 2.45) is 0 Å². The van der Waals surface area contributed by atoms with E-state index in [4.69, 9.17) is 0 Å². The summed E-state index contributed by atoms with van der Waals surface area (Å²) in [4.78, 5) is 0. The molecule has 0 saturated carbocycles. The van der Waals surface area contributed by atoms with Gasteiger partial charge in [0.2, 0.25) is 0 Å². The molecular formula is C13H29GeNS. The van der Waals surface area contributed by atoms with E-state index in [2.05, 4.69) is 35.1 Å². The second-order valence-corrected chi connectivity index (χ2v) is 18.8. The van der Waals surface area contributed by atoms with Gasteiger partial charge in [-0.15, -0.1) is 0 Å². The summed E-state index contributed by atoms with van der Waals surface area (Å²) >= 11 is -1.64. The summed E-state index contributed by atoms with van der Waals surface area (Å²) in [6, 6.07) is 0. The Bertz CT molecular complexity index is 177. The van der Waals surface area contributed by atoms with Gasteiger partial charge in [-0.3, -0.25) is 0 Å². The minimum absolute atomic E-state index is 0.892. The third-order valence-electron chi connectivity index (χ3n) is 3.51. The minimum atomic E-state index is -1.64. The Morgan fingerprint density at radius 3 is 2.00 bits per heavy atom. The molecular weight excluding hydrogens is 275 g/mol. The van der Waals surface area contributed by atoms with Crippen LogP contribution in [0.5, 0.6) is 0 Å². The third-order valence-corrected chi connectivity index (χ3v) is 19.4. The average Bonchev–Trinajstić information content (AvgIpc) is 2.62. The predicted octanol–water partition coefficient (Wildman–Crippen LogP) is 4.53. The first-order valence-corrected chi connectivity index (χ1v) is 14.6. The van der Waals surface area contributed by atoms with Gasteiger partial charge in [0.15, 0.2) is 0 Å². The van der Waals surface area contributed by atoms with E-state index < -0.39 is 12.3 Å². The van der Waals surface area contributed by atoms with Gasteiger partial charge in [0, 0.05) is 0 Å². The molecule has 3 heteroatoms. The molecule has 1 aliphatic rings. The number of rotatable bonds is 8. The maximum atomic E-state index is 3.99. The molecule has 1 fully saturated rings. The molecule has 1 aliphatic heterocycles. The molecule has 0 aromatic heterocycles. The SMILES string of the molecule is CCCC[CH2][Ge]1([CH2]CCCC)[NH]CC(C)[S]1. The fourth-order valence-electron chi connectivity index (χ4n) is 2.54. The summed E-state index contributed by atoms with van der Waals surface area (Å²) in [5.41, 5.74) is 0. The first-order chi connectivity index (χ1) is 7.72. The molecule has 96 valence electrons. The van der Waals surface area contributed by atoms with Crippen LogP contribution in [0.2, 0.25) is 10.5 Å². The molecule has 16 heavy (non-hydrogen) atoms. The van der Waals surface area contributed by atoms with Gasteiger partial charge in [0.05, 0.1) is 0 Å². The van der Waals surface area contributed by atoms with E-state index in [-0.39, 0.29) is 0 Å². The fourth-order valence-corrected chi connectivity index (χ4v) is 19.6. The summed E-state index contributed by atoms with van der Waals surface area (Å²) in [5.74, 6) is 0. The van der Waals surface area contributed by atoms with E-state index in [1.807, 2.05) is 0 Å². The van der Waals surface area contributed by atoms with Crippen LogP contribution in [0, 0.1) is 0 Å². The molecule has 0 bridgehead atoms. The third kappa shape index (κ3) is 5.01. The Morgan fingerprint density at radius 2 is 1.62 bits per heavy atom. The molecule has 0 aromatic rings. The molecule has 0 aliphatic carbocycles. The van der Waals surface area contributed by atoms with Crippen molar-refractivity contribution in [2.45, 2.75) is 75.1 Å². The zero-order valence-corrected chi connectivity index (χ0v) is 14.3. The zero-order chi connectivity index (χ0) is 11.9. The molecule has 0 radical (unpaired) electrons. The Hall–Kier alpha value is 0.853. The van der Waals surface area contributed by atoms with Crippen molar-refractivity contribution in [3.8, 4) is 0 Å². The van der Waals surface area contributed by atoms with E-state index in [9.17, 15) is 0 Å². The fraction of sp³-hybridized carbons (Fsp3) is 1.00. The van der Waals surface area contributed by atoms with Gasteiger partial charge in [0.1, 0.15) is 0 Å². The summed E-state index contributed by atoms with van der Waals surface area (Å²) in [7, 11) is 2.39. The second-order valence-electron chi connectivity index (χ2n) is 5.22. The van der Waals surface area contributed by atoms with E-state index in [1.165, 1.54) is 45.1 Å². The van der Waals surface area contributed by atoms with E-state index in [0.717, 1.165) is 5.25 Å². The Morgan fingerprint density at radius 1 is 1.06 bits per heavy atom. The molecule has 1 N–H and O–H groups in total. The van der Waals surface area contributed by atoms with Crippen LogP contribution in [0.25, 0.3) is 0 Å². The summed E-state index contributed by atoms with van der Waals surface area (Å²) in [5, 5.41) is 4.02. The molecule has 0 spiro atoms. The van der Waals surface area contributed by atoms with Crippen molar-refractivity contribution in [1.82, 2.24) is 4.27 Å². The van der Waals surface area contributed by atoms with Crippen LogP contribution < -0.4 is 4.27 Å². The van der Waals surface area contributed by atoms with Crippen LogP contribution in [-0.2, 0) is 0 Å². The molecule has 1 saturated heterocycles. The molecule has 1 unspecified atom stereocenters. The van der Waals surface area contributed by atoms with Gasteiger partial charge in [-0.2, -0.15) is 0 Å². The first-order valence-electron chi connectivity index (χ1n) is 7.15. The predicted molar refractivity (Wildman–Crippen MR) is 79.5 cm³/mol. The van der Waals surface area contributed by atoms with Gasteiger partial charge < -0.3 is 0 Å². The number of unbranched alkanes of at least 4 members (excludes halogenated alkanes) is 4. The Balaban J connectivity index is 2.35. The standard InChI is InChI=1S/C13H29GeNS/c1-4-6-8-10-14(11-9-7-5-2)15-12-13(3)16-14/h13,15H,4-12H2,1-3H3. The summed E-state index contributed by atoms with van der Waals surface area (Å²) < 4.78 is 3.99. The summed E-state index contributed by atoms with van der Waals surface area (Å²) in [6.07, 6.45) is 8.58. The number of hydrogen-bond acceptors (Lipinski definition) is 2. The van der Waals surface area contributed by atoms with Gasteiger partial charge in [0.25, 0.3) is 0 Å². The molecule has 0 aromatic carbocycles. The van der Waals surface area contributed by atoms with Crippen molar-refractivity contribution in [3.05, 3.63) is 0 Å². The van der Waals surface area contributed by atoms with Crippen LogP contribution in [-0.4, -0.2) is 24.1 Å². The topological polar surface area (TPSA) is 12.0 Å². The average molecular weight is 304 g/mol. The van der Waals surface area contributed by atoms with Crippen molar-refractivity contribution < 1.29 is 0 Å². The molecule has 1 rings (SSSR count). The van der Waals surface area contributed by atoms with Gasteiger partial charge >= 0.3 is 108 Å². The van der Waals surface area contributed by atoms with E-state index in [0.29, 0.717) is 0 Å². The van der Waals surface area contributed by atoms with E-state index >= 15 is 0 Å². The number of hydrogen-bond donors (Lipinski definition) is 1. The van der Waals surface area contributed by atoms with Gasteiger partial charge in [-0.1, -0.05) is 0 Å². The zero-order valence-electron chi connectivity index (χ0n) is 11.3. The van der Waals surface area contributed by atoms with Crippen LogP contribution in [0.1, 0.15) is 59.3 Å². The second kappa shape index (κ2) is 8.04. The van der Waals surface area contributed by atoms with Crippen LogP contribution in [0.4, 0.5) is 0 Å². The summed E-state index contributed by atoms with van der Waals surface area (Å²) in [6.45, 7) is 8.33. The monoisotopic (exact) mass is 305 g/mol. The van der Waals surface area contributed by atoms with Crippen molar-refractivity contribution in [2.75, 3.05) is 6.54 Å². The van der Waals surface area contributed by atoms with E-state index in [1.54, 1.807) is 10.5 Å². The Labute approximate surface area is 108 Å². The quantitative estimate of drug-likeness (QED) is 0.522. The Kier molecular flexibility index (Phi) is 7.50. The number of nitrogens with one attached hydrogen (secondary N) is 1. The van der Waals surface area contributed by atoms with Crippen molar-refractivity contribution in [1.29, 1.82) is 0 Å². The van der Waals surface area contributed by atoms with Crippen LogP contribution in [0.15, 0.2) is 0 Å². The first kappa shape index (κ1) is 14.9. The normalized spacial score (nSPS) is 23.8. The molecule has 1 nitrogen and oxygen atoms in total. The van der Waals surface area contributed by atoms with Gasteiger partial charge in [-0.25, -0.2) is 0 Å². The molecule has 1 heterocycles. The molecule has 1 atom stereocenters. The molecule has 0 amide bonds. The van der Waals surface area contributed by atoms with Crippen molar-refractivity contribution in [3.63, 3.8) is 0 Å². The van der Waals surface area contributed by atoms with Crippen molar-refractivity contribution >= 4 is 22.4 Å². The van der Waals surface area contributed by atoms with Crippen LogP contribution >= 0.6 is 10.1 Å². The van der Waals surface area contributed by atoms with Gasteiger partial charge in [-0.05, 0) is 0 Å². The maximum absolute atomic E-state index is 3.99.